The van der Waals surface area contributed by atoms with Gasteiger partial charge >= 0.3 is 37.2 Å². The van der Waals surface area contributed by atoms with Gasteiger partial charge in [-0.2, -0.15) is 0 Å². The summed E-state index contributed by atoms with van der Waals surface area (Å²) >= 11 is 1.49. The van der Waals surface area contributed by atoms with Crippen LogP contribution >= 0.6 is 30.6 Å². The van der Waals surface area contributed by atoms with E-state index in [9.17, 15) is 4.57 Å². The number of rotatable bonds is 8. The fourth-order valence-electron chi connectivity index (χ4n) is 1.13. The molecule has 1 unspecified atom stereocenters. The van der Waals surface area contributed by atoms with Crippen LogP contribution in [0.1, 0.15) is 46.9 Å². The van der Waals surface area contributed by atoms with E-state index in [1.807, 2.05) is 0 Å². The van der Waals surface area contributed by atoms with E-state index >= 15 is 0 Å². The van der Waals surface area contributed by atoms with Gasteiger partial charge in [-0.1, -0.05) is 39.0 Å². The van der Waals surface area contributed by atoms with Gasteiger partial charge in [0.2, 0.25) is 0 Å². The standard InChI is InChI=1S/C8H18IO3P.Na.H/c1-2-3-4-5-6-7-8-13(10,11)12-9;;/h2-8H2,1H3,(H,10,11);;/q;+1;-1. The van der Waals surface area contributed by atoms with Crippen LogP contribution in [0.5, 0.6) is 0 Å². The molecule has 0 aliphatic rings. The Bertz CT molecular complexity index is 174. The summed E-state index contributed by atoms with van der Waals surface area (Å²) in [5.74, 6) is 0. The van der Waals surface area contributed by atoms with E-state index in [-0.39, 0.29) is 31.0 Å². The summed E-state index contributed by atoms with van der Waals surface area (Å²) in [4.78, 5) is 9.05. The smallest absolute Gasteiger partial charge is 1.00 e. The molecule has 0 saturated carbocycles. The second-order valence-electron chi connectivity index (χ2n) is 3.20. The topological polar surface area (TPSA) is 46.5 Å². The Kier molecular flexibility index (Phi) is 14.8. The van der Waals surface area contributed by atoms with Gasteiger partial charge in [-0.25, -0.2) is 2.85 Å². The third-order valence-corrected chi connectivity index (χ3v) is 4.85. The molecular formula is C8H19INaO3P. The Hall–Kier alpha value is 1.88. The zero-order valence-corrected chi connectivity index (χ0v) is 14.1. The Morgan fingerprint density at radius 3 is 2.29 bits per heavy atom. The summed E-state index contributed by atoms with van der Waals surface area (Å²) in [6, 6.07) is 0. The fourth-order valence-corrected chi connectivity index (χ4v) is 2.41. The normalized spacial score (nSPS) is 14.5. The molecule has 0 rings (SSSR count). The number of hydrogen-bond acceptors (Lipinski definition) is 2. The molecule has 0 bridgehead atoms. The molecule has 0 aliphatic carbocycles. The van der Waals surface area contributed by atoms with Crippen LogP contribution in [-0.2, 0) is 7.42 Å². The quantitative estimate of drug-likeness (QED) is 0.310. The predicted molar refractivity (Wildman–Crippen MR) is 64.3 cm³/mol. The largest absolute Gasteiger partial charge is 1.00 e. The Morgan fingerprint density at radius 1 is 1.29 bits per heavy atom. The fraction of sp³-hybridized carbons (Fsp3) is 1.00. The molecule has 0 aromatic rings. The monoisotopic (exact) mass is 344 g/mol. The van der Waals surface area contributed by atoms with Crippen molar-refractivity contribution in [3.8, 4) is 0 Å². The summed E-state index contributed by atoms with van der Waals surface area (Å²) < 4.78 is 15.4. The van der Waals surface area contributed by atoms with Crippen molar-refractivity contribution in [1.29, 1.82) is 0 Å². The van der Waals surface area contributed by atoms with Gasteiger partial charge in [0.1, 0.15) is 23.0 Å². The number of halogens is 1. The average Bonchev–Trinajstić information content (AvgIpc) is 2.11. The first kappa shape index (κ1) is 18.3. The molecule has 0 amide bonds. The van der Waals surface area contributed by atoms with Crippen LogP contribution in [0, 0.1) is 0 Å². The molecule has 0 fully saturated rings. The Balaban J connectivity index is -0.000000720. The van der Waals surface area contributed by atoms with Crippen LogP contribution in [-0.4, -0.2) is 11.1 Å². The Morgan fingerprint density at radius 2 is 1.79 bits per heavy atom. The van der Waals surface area contributed by atoms with Crippen molar-refractivity contribution in [2.24, 2.45) is 0 Å². The van der Waals surface area contributed by atoms with Gasteiger partial charge in [0.05, 0.1) is 6.16 Å². The first-order valence-corrected chi connectivity index (χ1v) is 7.39. The van der Waals surface area contributed by atoms with E-state index in [1.54, 1.807) is 0 Å². The number of hydrogen-bond donors (Lipinski definition) is 1. The molecular weight excluding hydrogens is 325 g/mol. The zero-order chi connectivity index (χ0) is 10.2. The minimum atomic E-state index is -3.24. The van der Waals surface area contributed by atoms with E-state index in [0.29, 0.717) is 6.16 Å². The molecule has 0 heterocycles. The van der Waals surface area contributed by atoms with E-state index < -0.39 is 7.60 Å². The van der Waals surface area contributed by atoms with Gasteiger partial charge in [0.25, 0.3) is 0 Å². The molecule has 0 radical (unpaired) electrons. The third kappa shape index (κ3) is 12.0. The van der Waals surface area contributed by atoms with Crippen molar-refractivity contribution in [3.63, 3.8) is 0 Å². The molecule has 0 aromatic carbocycles. The molecule has 3 nitrogen and oxygen atoms in total. The molecule has 14 heavy (non-hydrogen) atoms. The molecule has 0 saturated heterocycles. The van der Waals surface area contributed by atoms with Crippen molar-refractivity contribution in [2.75, 3.05) is 6.16 Å². The van der Waals surface area contributed by atoms with Crippen molar-refractivity contribution in [2.45, 2.75) is 45.4 Å². The average molecular weight is 344 g/mol. The van der Waals surface area contributed by atoms with Crippen molar-refractivity contribution >= 4 is 30.6 Å². The molecule has 0 aliphatic heterocycles. The van der Waals surface area contributed by atoms with Crippen molar-refractivity contribution < 1.29 is 43.3 Å². The van der Waals surface area contributed by atoms with Gasteiger partial charge < -0.3 is 6.32 Å². The van der Waals surface area contributed by atoms with E-state index in [0.717, 1.165) is 19.3 Å². The Labute approximate surface area is 124 Å². The molecule has 1 N–H and O–H groups in total. The minimum absolute atomic E-state index is 0. The van der Waals surface area contributed by atoms with E-state index in [2.05, 4.69) is 9.78 Å². The SMILES string of the molecule is CCCCCCCCP(=O)(O)OI.[H-].[Na+]. The minimum Gasteiger partial charge on any atom is -1.00 e. The van der Waals surface area contributed by atoms with Gasteiger partial charge in [-0.15, -0.1) is 0 Å². The van der Waals surface area contributed by atoms with Crippen LogP contribution < -0.4 is 29.6 Å². The summed E-state index contributed by atoms with van der Waals surface area (Å²) in [5, 5.41) is 0. The van der Waals surface area contributed by atoms with Gasteiger partial charge in [-0.05, 0) is 6.42 Å². The van der Waals surface area contributed by atoms with Crippen LogP contribution in [0.2, 0.25) is 0 Å². The summed E-state index contributed by atoms with van der Waals surface area (Å²) in [6.07, 6.45) is 7.01. The number of unbranched alkanes of at least 4 members (excludes halogenated alkanes) is 5. The van der Waals surface area contributed by atoms with Crippen LogP contribution in [0.3, 0.4) is 0 Å². The molecule has 82 valence electrons. The maximum absolute atomic E-state index is 11.0. The van der Waals surface area contributed by atoms with Crippen molar-refractivity contribution in [3.05, 3.63) is 0 Å². The van der Waals surface area contributed by atoms with Gasteiger partial charge in [0, 0.05) is 0 Å². The van der Waals surface area contributed by atoms with Gasteiger partial charge in [0.15, 0.2) is 0 Å². The zero-order valence-electron chi connectivity index (χ0n) is 10.0. The van der Waals surface area contributed by atoms with Crippen LogP contribution in [0.4, 0.5) is 0 Å². The van der Waals surface area contributed by atoms with E-state index in [4.69, 9.17) is 4.89 Å². The van der Waals surface area contributed by atoms with Crippen LogP contribution in [0.25, 0.3) is 0 Å². The van der Waals surface area contributed by atoms with Crippen LogP contribution in [0.15, 0.2) is 0 Å². The second kappa shape index (κ2) is 11.4. The predicted octanol–water partition coefficient (Wildman–Crippen LogP) is 1.02. The molecule has 0 aromatic heterocycles. The van der Waals surface area contributed by atoms with Crippen molar-refractivity contribution in [1.82, 2.24) is 0 Å². The summed E-state index contributed by atoms with van der Waals surface area (Å²) in [5.41, 5.74) is 0. The molecule has 1 atom stereocenters. The van der Waals surface area contributed by atoms with E-state index in [1.165, 1.54) is 42.3 Å². The summed E-state index contributed by atoms with van der Waals surface area (Å²) in [6.45, 7) is 2.17. The first-order chi connectivity index (χ1) is 6.12. The molecule has 0 spiro atoms. The summed E-state index contributed by atoms with van der Waals surface area (Å²) in [7, 11) is -3.24. The maximum Gasteiger partial charge on any atom is 1.00 e. The first-order valence-electron chi connectivity index (χ1n) is 4.74. The second-order valence-corrected chi connectivity index (χ2v) is 6.24. The third-order valence-electron chi connectivity index (χ3n) is 1.90. The molecule has 6 heteroatoms. The maximum atomic E-state index is 11.0. The van der Waals surface area contributed by atoms with Gasteiger partial charge in [-0.3, -0.25) is 4.57 Å².